The van der Waals surface area contributed by atoms with Crippen LogP contribution in [0.25, 0.3) is 0 Å². The molecule has 0 aromatic heterocycles. The number of aliphatic hydroxyl groups excluding tert-OH is 1. The van der Waals surface area contributed by atoms with E-state index in [9.17, 15) is 10.2 Å². The van der Waals surface area contributed by atoms with Crippen LogP contribution in [-0.2, 0) is 12.8 Å². The molecule has 0 saturated carbocycles. The Hall–Kier alpha value is -1.64. The summed E-state index contributed by atoms with van der Waals surface area (Å²) >= 11 is 0. The van der Waals surface area contributed by atoms with Gasteiger partial charge in [0.2, 0.25) is 0 Å². The van der Waals surface area contributed by atoms with Gasteiger partial charge in [0.1, 0.15) is 0 Å². The van der Waals surface area contributed by atoms with Crippen LogP contribution in [0.3, 0.4) is 0 Å². The summed E-state index contributed by atoms with van der Waals surface area (Å²) in [5, 5.41) is 20.0. The molecule has 2 N–H and O–H groups in total. The molecule has 100 valence electrons. The summed E-state index contributed by atoms with van der Waals surface area (Å²) in [7, 11) is 0. The van der Waals surface area contributed by atoms with E-state index in [1.165, 1.54) is 0 Å². The molecule has 0 atom stereocenters. The molecule has 2 aromatic rings. The van der Waals surface area contributed by atoms with Gasteiger partial charge in [-0.1, -0.05) is 60.7 Å². The lowest BCUT2D eigenvalue weighted by Gasteiger charge is -2.28. The highest BCUT2D eigenvalue weighted by Crippen LogP contribution is 2.22. The van der Waals surface area contributed by atoms with Crippen molar-refractivity contribution in [1.82, 2.24) is 0 Å². The van der Waals surface area contributed by atoms with Gasteiger partial charge in [-0.15, -0.1) is 0 Å². The predicted octanol–water partition coefficient (Wildman–Crippen LogP) is 2.59. The van der Waals surface area contributed by atoms with Crippen molar-refractivity contribution in [3.63, 3.8) is 0 Å². The highest BCUT2D eigenvalue weighted by Gasteiger charge is 2.27. The van der Waals surface area contributed by atoms with Crippen molar-refractivity contribution in [2.45, 2.75) is 24.9 Å². The zero-order valence-electron chi connectivity index (χ0n) is 11.0. The van der Waals surface area contributed by atoms with E-state index in [0.29, 0.717) is 19.3 Å². The summed E-state index contributed by atoms with van der Waals surface area (Å²) in [6, 6.07) is 19.8. The Morgan fingerprint density at radius 1 is 0.737 bits per heavy atom. The van der Waals surface area contributed by atoms with E-state index in [2.05, 4.69) is 0 Å². The fourth-order valence-electron chi connectivity index (χ4n) is 2.40. The van der Waals surface area contributed by atoms with Crippen LogP contribution in [0, 0.1) is 0 Å². The van der Waals surface area contributed by atoms with Gasteiger partial charge in [0.05, 0.1) is 5.60 Å². The van der Waals surface area contributed by atoms with Crippen LogP contribution in [-0.4, -0.2) is 22.4 Å². The first kappa shape index (κ1) is 13.8. The fourth-order valence-corrected chi connectivity index (χ4v) is 2.40. The SMILES string of the molecule is OCCC(O)(Cc1ccccc1)Cc1ccccc1. The maximum absolute atomic E-state index is 10.8. The third-order valence-corrected chi connectivity index (χ3v) is 3.33. The van der Waals surface area contributed by atoms with Gasteiger partial charge in [-0.05, 0) is 17.5 Å². The summed E-state index contributed by atoms with van der Waals surface area (Å²) in [5.74, 6) is 0. The van der Waals surface area contributed by atoms with E-state index < -0.39 is 5.60 Å². The average Bonchev–Trinajstić information content (AvgIpc) is 2.41. The highest BCUT2D eigenvalue weighted by molar-refractivity contribution is 5.21. The van der Waals surface area contributed by atoms with Crippen LogP contribution in [0.5, 0.6) is 0 Å². The first-order valence-electron chi connectivity index (χ1n) is 6.63. The highest BCUT2D eigenvalue weighted by atomic mass is 16.3. The molecule has 2 aromatic carbocycles. The van der Waals surface area contributed by atoms with Crippen molar-refractivity contribution >= 4 is 0 Å². The first-order valence-corrected chi connectivity index (χ1v) is 6.63. The maximum atomic E-state index is 10.8. The molecule has 0 spiro atoms. The van der Waals surface area contributed by atoms with Gasteiger partial charge in [0.15, 0.2) is 0 Å². The third kappa shape index (κ3) is 4.19. The lowest BCUT2D eigenvalue weighted by Crippen LogP contribution is -2.35. The maximum Gasteiger partial charge on any atom is 0.0749 e. The molecule has 0 unspecified atom stereocenters. The Morgan fingerprint density at radius 2 is 1.16 bits per heavy atom. The summed E-state index contributed by atoms with van der Waals surface area (Å²) in [5.41, 5.74) is 1.29. The predicted molar refractivity (Wildman–Crippen MR) is 76.9 cm³/mol. The van der Waals surface area contributed by atoms with Gasteiger partial charge < -0.3 is 10.2 Å². The Labute approximate surface area is 114 Å². The van der Waals surface area contributed by atoms with Crippen molar-refractivity contribution < 1.29 is 10.2 Å². The van der Waals surface area contributed by atoms with Crippen LogP contribution < -0.4 is 0 Å². The van der Waals surface area contributed by atoms with Crippen LogP contribution >= 0.6 is 0 Å². The topological polar surface area (TPSA) is 40.5 Å². The van der Waals surface area contributed by atoms with Crippen molar-refractivity contribution in [2.75, 3.05) is 6.61 Å². The monoisotopic (exact) mass is 256 g/mol. The second-order valence-electron chi connectivity index (χ2n) is 5.02. The summed E-state index contributed by atoms with van der Waals surface area (Å²) in [6.07, 6.45) is 1.50. The second-order valence-corrected chi connectivity index (χ2v) is 5.02. The van der Waals surface area contributed by atoms with E-state index in [-0.39, 0.29) is 6.61 Å². The molecule has 0 radical (unpaired) electrons. The molecule has 0 amide bonds. The molecule has 0 fully saturated rings. The number of hydrogen-bond donors (Lipinski definition) is 2. The normalized spacial score (nSPS) is 11.5. The summed E-state index contributed by atoms with van der Waals surface area (Å²) < 4.78 is 0. The minimum absolute atomic E-state index is 0.00380. The molecule has 2 heteroatoms. The van der Waals surface area contributed by atoms with Crippen molar-refractivity contribution in [3.8, 4) is 0 Å². The van der Waals surface area contributed by atoms with Crippen molar-refractivity contribution in [3.05, 3.63) is 71.8 Å². The quantitative estimate of drug-likeness (QED) is 0.834. The van der Waals surface area contributed by atoms with Crippen LogP contribution in [0.1, 0.15) is 17.5 Å². The van der Waals surface area contributed by atoms with Crippen LogP contribution in [0.2, 0.25) is 0 Å². The van der Waals surface area contributed by atoms with Crippen LogP contribution in [0.15, 0.2) is 60.7 Å². The molecule has 0 heterocycles. The Balaban J connectivity index is 2.13. The molecular weight excluding hydrogens is 236 g/mol. The zero-order valence-corrected chi connectivity index (χ0v) is 11.0. The Morgan fingerprint density at radius 3 is 1.53 bits per heavy atom. The Bertz CT molecular complexity index is 438. The number of rotatable bonds is 6. The van der Waals surface area contributed by atoms with Crippen LogP contribution in [0.4, 0.5) is 0 Å². The van der Waals surface area contributed by atoms with Gasteiger partial charge in [-0.25, -0.2) is 0 Å². The lowest BCUT2D eigenvalue weighted by atomic mass is 9.85. The third-order valence-electron chi connectivity index (χ3n) is 3.33. The zero-order chi connectivity index (χ0) is 13.6. The van der Waals surface area contributed by atoms with E-state index in [1.807, 2.05) is 60.7 Å². The van der Waals surface area contributed by atoms with Gasteiger partial charge in [-0.3, -0.25) is 0 Å². The van der Waals surface area contributed by atoms with E-state index in [4.69, 9.17) is 0 Å². The molecule has 2 rings (SSSR count). The van der Waals surface area contributed by atoms with E-state index in [0.717, 1.165) is 11.1 Å². The summed E-state index contributed by atoms with van der Waals surface area (Å²) in [4.78, 5) is 0. The minimum atomic E-state index is -0.891. The molecule has 0 bridgehead atoms. The summed E-state index contributed by atoms with van der Waals surface area (Å²) in [6.45, 7) is -0.00380. The lowest BCUT2D eigenvalue weighted by molar-refractivity contribution is 0.0163. The average molecular weight is 256 g/mol. The molecule has 2 nitrogen and oxygen atoms in total. The molecule has 0 aliphatic carbocycles. The van der Waals surface area contributed by atoms with Gasteiger partial charge in [-0.2, -0.15) is 0 Å². The number of benzene rings is 2. The number of aliphatic hydroxyl groups is 2. The Kier molecular flexibility index (Phi) is 4.72. The van der Waals surface area contributed by atoms with E-state index >= 15 is 0 Å². The minimum Gasteiger partial charge on any atom is -0.396 e. The fraction of sp³-hybridized carbons (Fsp3) is 0.294. The standard InChI is InChI=1S/C17H20O2/c18-12-11-17(19,13-15-7-3-1-4-8-15)14-16-9-5-2-6-10-16/h1-10,18-19H,11-14H2. The number of hydrogen-bond acceptors (Lipinski definition) is 2. The first-order chi connectivity index (χ1) is 9.22. The van der Waals surface area contributed by atoms with Gasteiger partial charge in [0.25, 0.3) is 0 Å². The molecule has 0 aliphatic heterocycles. The van der Waals surface area contributed by atoms with Gasteiger partial charge in [0, 0.05) is 19.4 Å². The van der Waals surface area contributed by atoms with Crippen molar-refractivity contribution in [1.29, 1.82) is 0 Å². The van der Waals surface area contributed by atoms with Crippen molar-refractivity contribution in [2.24, 2.45) is 0 Å². The van der Waals surface area contributed by atoms with E-state index in [1.54, 1.807) is 0 Å². The largest absolute Gasteiger partial charge is 0.396 e. The molecule has 19 heavy (non-hydrogen) atoms. The molecule has 0 saturated heterocycles. The molecule has 0 aliphatic rings. The second kappa shape index (κ2) is 6.50. The van der Waals surface area contributed by atoms with Gasteiger partial charge >= 0.3 is 0 Å². The molecular formula is C17H20O2. The smallest absolute Gasteiger partial charge is 0.0749 e.